The predicted molar refractivity (Wildman–Crippen MR) is 109 cm³/mol. The van der Waals surface area contributed by atoms with E-state index in [-0.39, 0.29) is 23.4 Å². The van der Waals surface area contributed by atoms with Gasteiger partial charge in [0.15, 0.2) is 0 Å². The number of carbonyl (C=O) groups is 1. The van der Waals surface area contributed by atoms with E-state index in [1.54, 1.807) is 12.1 Å². The van der Waals surface area contributed by atoms with E-state index in [1.165, 1.54) is 6.07 Å². The number of fused-ring (bicyclic) bond motifs is 1. The van der Waals surface area contributed by atoms with Crippen LogP contribution in [0, 0.1) is 28.9 Å². The summed E-state index contributed by atoms with van der Waals surface area (Å²) in [7, 11) is 0. The largest absolute Gasteiger partial charge is 0.490 e. The van der Waals surface area contributed by atoms with Gasteiger partial charge in [-0.3, -0.25) is 4.79 Å². The Kier molecular flexibility index (Phi) is 4.81. The fourth-order valence-electron chi connectivity index (χ4n) is 4.61. The first-order valence-corrected chi connectivity index (χ1v) is 10.6. The standard InChI is InChI=1S/C24H22F2N2O3/c25-21-8-15(31-14-2-1-3-14)9-22(20(21)11-27)28-7-6-16-13(12-28)4-5-17(23(16)26)18-10-19(18)24(29)30/h4-5,8-9,14,18-19H,1-3,6-7,10,12H2,(H,29,30)/t18-,19+/m1/s1. The number of aliphatic carboxylic acids is 1. The summed E-state index contributed by atoms with van der Waals surface area (Å²) in [6.07, 6.45) is 3.95. The number of benzene rings is 2. The number of carboxylic acid groups (broad SMARTS) is 1. The highest BCUT2D eigenvalue weighted by Gasteiger charge is 2.46. The molecule has 7 heteroatoms. The summed E-state index contributed by atoms with van der Waals surface area (Å²) >= 11 is 0. The SMILES string of the molecule is N#Cc1c(F)cc(OC2CCC2)cc1N1CCc2c(ccc([C@H]3C[C@@H]3C(=O)O)c2F)C1. The molecule has 1 aliphatic heterocycles. The van der Waals surface area contributed by atoms with Gasteiger partial charge >= 0.3 is 5.97 Å². The molecule has 5 nitrogen and oxygen atoms in total. The molecule has 1 heterocycles. The zero-order valence-electron chi connectivity index (χ0n) is 16.9. The summed E-state index contributed by atoms with van der Waals surface area (Å²) in [5.74, 6) is -2.18. The van der Waals surface area contributed by atoms with Gasteiger partial charge in [0, 0.05) is 31.1 Å². The van der Waals surface area contributed by atoms with Crippen molar-refractivity contribution in [3.05, 3.63) is 58.2 Å². The van der Waals surface area contributed by atoms with E-state index in [9.17, 15) is 14.4 Å². The number of halogens is 2. The van der Waals surface area contributed by atoms with E-state index in [2.05, 4.69) is 0 Å². The van der Waals surface area contributed by atoms with Crippen molar-refractivity contribution in [2.24, 2.45) is 5.92 Å². The smallest absolute Gasteiger partial charge is 0.307 e. The molecule has 0 spiro atoms. The van der Waals surface area contributed by atoms with Gasteiger partial charge < -0.3 is 14.7 Å². The Morgan fingerprint density at radius 1 is 1.26 bits per heavy atom. The number of carboxylic acids is 1. The lowest BCUT2D eigenvalue weighted by atomic mass is 9.93. The number of hydrogen-bond donors (Lipinski definition) is 1. The second-order valence-electron chi connectivity index (χ2n) is 8.65. The van der Waals surface area contributed by atoms with Gasteiger partial charge in [0.2, 0.25) is 0 Å². The molecule has 0 saturated heterocycles. The third-order valence-corrected chi connectivity index (χ3v) is 6.72. The minimum Gasteiger partial charge on any atom is -0.490 e. The molecular formula is C24H22F2N2O3. The number of rotatable bonds is 5. The summed E-state index contributed by atoms with van der Waals surface area (Å²) < 4.78 is 35.6. The molecule has 31 heavy (non-hydrogen) atoms. The van der Waals surface area contributed by atoms with Crippen molar-refractivity contribution in [2.45, 2.75) is 50.7 Å². The Labute approximate surface area is 178 Å². The van der Waals surface area contributed by atoms with E-state index in [0.717, 1.165) is 24.8 Å². The van der Waals surface area contributed by atoms with Gasteiger partial charge in [-0.1, -0.05) is 12.1 Å². The van der Waals surface area contributed by atoms with Crippen molar-refractivity contribution in [1.29, 1.82) is 5.26 Å². The van der Waals surface area contributed by atoms with Crippen LogP contribution in [0.4, 0.5) is 14.5 Å². The Bertz CT molecular complexity index is 1110. The molecule has 0 amide bonds. The number of ether oxygens (including phenoxy) is 1. The summed E-state index contributed by atoms with van der Waals surface area (Å²) in [6, 6.07) is 8.42. The van der Waals surface area contributed by atoms with Crippen molar-refractivity contribution < 1.29 is 23.4 Å². The Morgan fingerprint density at radius 3 is 2.71 bits per heavy atom. The van der Waals surface area contributed by atoms with E-state index < -0.39 is 17.7 Å². The first-order valence-electron chi connectivity index (χ1n) is 10.6. The topological polar surface area (TPSA) is 73.6 Å². The molecule has 0 radical (unpaired) electrons. The maximum atomic E-state index is 15.1. The third-order valence-electron chi connectivity index (χ3n) is 6.72. The highest BCUT2D eigenvalue weighted by atomic mass is 19.1. The highest BCUT2D eigenvalue weighted by Crippen LogP contribution is 2.49. The summed E-state index contributed by atoms with van der Waals surface area (Å²) in [5, 5.41) is 18.7. The van der Waals surface area contributed by atoms with Crippen molar-refractivity contribution >= 4 is 11.7 Å². The monoisotopic (exact) mass is 424 g/mol. The number of hydrogen-bond acceptors (Lipinski definition) is 4. The van der Waals surface area contributed by atoms with Crippen LogP contribution in [-0.4, -0.2) is 23.7 Å². The van der Waals surface area contributed by atoms with Crippen molar-refractivity contribution in [3.63, 3.8) is 0 Å². The zero-order chi connectivity index (χ0) is 21.7. The van der Waals surface area contributed by atoms with Gasteiger partial charge in [0.1, 0.15) is 29.0 Å². The molecule has 0 unspecified atom stereocenters. The van der Waals surface area contributed by atoms with Gasteiger partial charge in [-0.2, -0.15) is 5.26 Å². The normalized spacial score (nSPS) is 22.3. The van der Waals surface area contributed by atoms with E-state index in [1.807, 2.05) is 17.0 Å². The van der Waals surface area contributed by atoms with Crippen molar-refractivity contribution in [3.8, 4) is 11.8 Å². The third kappa shape index (κ3) is 3.50. The van der Waals surface area contributed by atoms with Gasteiger partial charge in [0.25, 0.3) is 0 Å². The van der Waals surface area contributed by atoms with Crippen molar-refractivity contribution in [2.75, 3.05) is 11.4 Å². The average molecular weight is 424 g/mol. The van der Waals surface area contributed by atoms with Gasteiger partial charge in [-0.25, -0.2) is 8.78 Å². The fraction of sp³-hybridized carbons (Fsp3) is 0.417. The molecule has 2 aromatic rings. The van der Waals surface area contributed by atoms with Crippen molar-refractivity contribution in [1.82, 2.24) is 0 Å². The molecule has 2 aromatic carbocycles. The quantitative estimate of drug-likeness (QED) is 0.764. The maximum Gasteiger partial charge on any atom is 0.307 e. The van der Waals surface area contributed by atoms with Crippen LogP contribution < -0.4 is 9.64 Å². The fourth-order valence-corrected chi connectivity index (χ4v) is 4.61. The lowest BCUT2D eigenvalue weighted by Gasteiger charge is -2.33. The summed E-state index contributed by atoms with van der Waals surface area (Å²) in [5.41, 5.74) is 2.25. The Balaban J connectivity index is 1.42. The molecule has 5 rings (SSSR count). The molecule has 3 aliphatic rings. The number of nitrogens with zero attached hydrogens (tertiary/aromatic N) is 2. The minimum absolute atomic E-state index is 0.0382. The van der Waals surface area contributed by atoms with E-state index in [4.69, 9.17) is 9.84 Å². The van der Waals surface area contributed by atoms with Crippen LogP contribution in [0.3, 0.4) is 0 Å². The molecule has 2 aliphatic carbocycles. The van der Waals surface area contributed by atoms with Crippen LogP contribution in [0.1, 0.15) is 53.9 Å². The minimum atomic E-state index is -0.886. The van der Waals surface area contributed by atoms with E-state index >= 15 is 4.39 Å². The number of nitriles is 1. The highest BCUT2D eigenvalue weighted by molar-refractivity contribution is 5.75. The molecule has 2 atom stereocenters. The van der Waals surface area contributed by atoms with Gasteiger partial charge in [-0.05, 0) is 48.8 Å². The van der Waals surface area contributed by atoms with Crippen LogP contribution in [0.5, 0.6) is 5.75 Å². The first-order chi connectivity index (χ1) is 15.0. The average Bonchev–Trinajstić information content (AvgIpc) is 3.51. The second kappa shape index (κ2) is 7.52. The van der Waals surface area contributed by atoms with Crippen LogP contribution in [0.25, 0.3) is 0 Å². The predicted octanol–water partition coefficient (Wildman–Crippen LogP) is 4.52. The van der Waals surface area contributed by atoms with E-state index in [0.29, 0.717) is 48.5 Å². The lowest BCUT2D eigenvalue weighted by molar-refractivity contribution is -0.138. The first kappa shape index (κ1) is 19.8. The molecule has 1 N–H and O–H groups in total. The lowest BCUT2D eigenvalue weighted by Crippen LogP contribution is -2.32. The summed E-state index contributed by atoms with van der Waals surface area (Å²) in [4.78, 5) is 13.0. The van der Waals surface area contributed by atoms with Crippen LogP contribution in [0.2, 0.25) is 0 Å². The van der Waals surface area contributed by atoms with Crippen LogP contribution in [-0.2, 0) is 17.8 Å². The Hall–Kier alpha value is -3.14. The maximum absolute atomic E-state index is 15.1. The molecular weight excluding hydrogens is 402 g/mol. The van der Waals surface area contributed by atoms with Crippen LogP contribution in [0.15, 0.2) is 24.3 Å². The molecule has 0 aromatic heterocycles. The molecule has 2 saturated carbocycles. The van der Waals surface area contributed by atoms with Crippen LogP contribution >= 0.6 is 0 Å². The van der Waals surface area contributed by atoms with Gasteiger partial charge in [0.05, 0.1) is 17.7 Å². The molecule has 0 bridgehead atoms. The Morgan fingerprint density at radius 2 is 2.06 bits per heavy atom. The molecule has 2 fully saturated rings. The zero-order valence-corrected chi connectivity index (χ0v) is 16.9. The molecule has 160 valence electrons. The van der Waals surface area contributed by atoms with Gasteiger partial charge in [-0.15, -0.1) is 0 Å². The number of anilines is 1. The second-order valence-corrected chi connectivity index (χ2v) is 8.65. The summed E-state index contributed by atoms with van der Waals surface area (Å²) in [6.45, 7) is 0.780.